The molecule has 0 radical (unpaired) electrons. The maximum Gasteiger partial charge on any atom is 0.309 e. The molecule has 2 atom stereocenters. The average molecular weight is 218 g/mol. The van der Waals surface area contributed by atoms with E-state index in [4.69, 9.17) is 14.6 Å². The number of aliphatic carboxylic acids is 1. The lowest BCUT2D eigenvalue weighted by Gasteiger charge is -2.18. The molecule has 0 saturated carbocycles. The van der Waals surface area contributed by atoms with Crippen molar-refractivity contribution in [3.63, 3.8) is 0 Å². The highest BCUT2D eigenvalue weighted by Gasteiger charge is 2.28. The van der Waals surface area contributed by atoms with Crippen molar-refractivity contribution in [2.24, 2.45) is 5.92 Å². The number of carboxylic acid groups (broad SMARTS) is 1. The average Bonchev–Trinajstić information content (AvgIpc) is 2.11. The van der Waals surface area contributed by atoms with Crippen molar-refractivity contribution >= 4 is 11.9 Å². The minimum Gasteiger partial charge on any atom is -0.481 e. The van der Waals surface area contributed by atoms with Crippen molar-refractivity contribution in [2.45, 2.75) is 39.4 Å². The summed E-state index contributed by atoms with van der Waals surface area (Å²) in [6.07, 6.45) is -0.908. The van der Waals surface area contributed by atoms with Gasteiger partial charge in [0, 0.05) is 7.11 Å². The lowest BCUT2D eigenvalue weighted by Crippen LogP contribution is -2.30. The Labute approximate surface area is 89.4 Å². The van der Waals surface area contributed by atoms with Crippen LogP contribution >= 0.6 is 0 Å². The zero-order valence-electron chi connectivity index (χ0n) is 9.52. The molecule has 0 heterocycles. The van der Waals surface area contributed by atoms with Crippen LogP contribution in [0.25, 0.3) is 0 Å². The van der Waals surface area contributed by atoms with Crippen LogP contribution < -0.4 is 0 Å². The van der Waals surface area contributed by atoms with Crippen molar-refractivity contribution in [1.82, 2.24) is 0 Å². The van der Waals surface area contributed by atoms with Crippen LogP contribution in [0.1, 0.15) is 27.2 Å². The SMILES string of the molecule is COC(C)C(CC(=O)OC(C)C)C(=O)O. The maximum absolute atomic E-state index is 11.2. The second kappa shape index (κ2) is 6.40. The van der Waals surface area contributed by atoms with Crippen LogP contribution in [0, 0.1) is 5.92 Å². The number of carbonyl (C=O) groups excluding carboxylic acids is 1. The molecular formula is C10H18O5. The first-order valence-corrected chi connectivity index (χ1v) is 4.83. The first-order chi connectivity index (χ1) is 6.88. The number of hydrogen-bond donors (Lipinski definition) is 1. The van der Waals surface area contributed by atoms with Gasteiger partial charge in [0.1, 0.15) is 0 Å². The predicted molar refractivity (Wildman–Crippen MR) is 53.4 cm³/mol. The third kappa shape index (κ3) is 5.37. The molecule has 0 rings (SSSR count). The molecule has 88 valence electrons. The van der Waals surface area contributed by atoms with E-state index in [9.17, 15) is 9.59 Å². The summed E-state index contributed by atoms with van der Waals surface area (Å²) in [4.78, 5) is 22.1. The number of rotatable bonds is 6. The Hall–Kier alpha value is -1.10. The fourth-order valence-electron chi connectivity index (χ4n) is 1.11. The predicted octanol–water partition coefficient (Wildman–Crippen LogP) is 1.06. The summed E-state index contributed by atoms with van der Waals surface area (Å²) < 4.78 is 9.76. The Balaban J connectivity index is 4.29. The number of carbonyl (C=O) groups is 2. The van der Waals surface area contributed by atoms with Crippen molar-refractivity contribution in [3.8, 4) is 0 Å². The van der Waals surface area contributed by atoms with E-state index in [0.29, 0.717) is 0 Å². The quantitative estimate of drug-likeness (QED) is 0.675. The summed E-state index contributed by atoms with van der Waals surface area (Å²) in [6, 6.07) is 0. The molecule has 5 nitrogen and oxygen atoms in total. The van der Waals surface area contributed by atoms with Gasteiger partial charge in [-0.05, 0) is 20.8 Å². The van der Waals surface area contributed by atoms with Gasteiger partial charge in [-0.25, -0.2) is 0 Å². The monoisotopic (exact) mass is 218 g/mol. The van der Waals surface area contributed by atoms with Gasteiger partial charge in [-0.15, -0.1) is 0 Å². The molecular weight excluding hydrogens is 200 g/mol. The summed E-state index contributed by atoms with van der Waals surface area (Å²) in [7, 11) is 1.41. The molecule has 2 unspecified atom stereocenters. The Kier molecular flexibility index (Phi) is 5.93. The van der Waals surface area contributed by atoms with Crippen LogP contribution in [0.15, 0.2) is 0 Å². The molecule has 5 heteroatoms. The van der Waals surface area contributed by atoms with Gasteiger partial charge in [0.2, 0.25) is 0 Å². The van der Waals surface area contributed by atoms with Crippen LogP contribution in [0.4, 0.5) is 0 Å². The second-order valence-corrected chi connectivity index (χ2v) is 3.63. The Morgan fingerprint density at radius 1 is 1.27 bits per heavy atom. The molecule has 15 heavy (non-hydrogen) atoms. The fourth-order valence-corrected chi connectivity index (χ4v) is 1.11. The molecule has 0 aromatic carbocycles. The van der Waals surface area contributed by atoms with Gasteiger partial charge in [0.15, 0.2) is 0 Å². The van der Waals surface area contributed by atoms with Gasteiger partial charge in [-0.1, -0.05) is 0 Å². The molecule has 0 aliphatic carbocycles. The molecule has 0 aliphatic heterocycles. The van der Waals surface area contributed by atoms with E-state index in [0.717, 1.165) is 0 Å². The third-order valence-corrected chi connectivity index (χ3v) is 2.01. The molecule has 0 saturated heterocycles. The first-order valence-electron chi connectivity index (χ1n) is 4.83. The molecule has 0 spiro atoms. The van der Waals surface area contributed by atoms with Crippen molar-refractivity contribution in [1.29, 1.82) is 0 Å². The minimum absolute atomic E-state index is 0.164. The summed E-state index contributed by atoms with van der Waals surface area (Å²) in [5.74, 6) is -2.42. The van der Waals surface area contributed by atoms with Crippen molar-refractivity contribution in [3.05, 3.63) is 0 Å². The number of ether oxygens (including phenoxy) is 2. The first kappa shape index (κ1) is 13.9. The van der Waals surface area contributed by atoms with Gasteiger partial charge >= 0.3 is 11.9 Å². The normalized spacial score (nSPS) is 14.7. The highest BCUT2D eigenvalue weighted by molar-refractivity contribution is 5.79. The summed E-state index contributed by atoms with van der Waals surface area (Å²) >= 11 is 0. The number of methoxy groups -OCH3 is 1. The summed E-state index contributed by atoms with van der Waals surface area (Å²) in [6.45, 7) is 5.04. The zero-order valence-corrected chi connectivity index (χ0v) is 9.52. The highest BCUT2D eigenvalue weighted by Crippen LogP contribution is 2.13. The summed E-state index contributed by atoms with van der Waals surface area (Å²) in [5.41, 5.74) is 0. The lowest BCUT2D eigenvalue weighted by atomic mass is 10.00. The van der Waals surface area contributed by atoms with Gasteiger partial charge in [-0.2, -0.15) is 0 Å². The highest BCUT2D eigenvalue weighted by atomic mass is 16.5. The zero-order chi connectivity index (χ0) is 12.0. The van der Waals surface area contributed by atoms with Gasteiger partial charge < -0.3 is 14.6 Å². The smallest absolute Gasteiger partial charge is 0.309 e. The van der Waals surface area contributed by atoms with Gasteiger partial charge in [0.25, 0.3) is 0 Å². The molecule has 0 aliphatic rings. The lowest BCUT2D eigenvalue weighted by molar-refractivity contribution is -0.157. The molecule has 0 aromatic rings. The Morgan fingerprint density at radius 2 is 1.80 bits per heavy atom. The van der Waals surface area contributed by atoms with Crippen LogP contribution in [0.2, 0.25) is 0 Å². The largest absolute Gasteiger partial charge is 0.481 e. The topological polar surface area (TPSA) is 72.8 Å². The van der Waals surface area contributed by atoms with Crippen molar-refractivity contribution in [2.75, 3.05) is 7.11 Å². The summed E-state index contributed by atoms with van der Waals surface area (Å²) in [5, 5.41) is 8.87. The molecule has 0 aromatic heterocycles. The van der Waals surface area contributed by atoms with E-state index in [1.807, 2.05) is 0 Å². The number of carboxylic acids is 1. The van der Waals surface area contributed by atoms with E-state index in [1.54, 1.807) is 20.8 Å². The maximum atomic E-state index is 11.2. The second-order valence-electron chi connectivity index (χ2n) is 3.63. The van der Waals surface area contributed by atoms with E-state index in [-0.39, 0.29) is 12.5 Å². The van der Waals surface area contributed by atoms with E-state index < -0.39 is 24.0 Å². The third-order valence-electron chi connectivity index (χ3n) is 2.01. The van der Waals surface area contributed by atoms with Crippen LogP contribution in [0.3, 0.4) is 0 Å². The Bertz CT molecular complexity index is 224. The molecule has 0 fully saturated rings. The molecule has 0 bridgehead atoms. The Morgan fingerprint density at radius 3 is 2.13 bits per heavy atom. The molecule has 1 N–H and O–H groups in total. The molecule has 0 amide bonds. The van der Waals surface area contributed by atoms with Gasteiger partial charge in [-0.3, -0.25) is 9.59 Å². The van der Waals surface area contributed by atoms with Crippen LogP contribution in [0.5, 0.6) is 0 Å². The number of hydrogen-bond acceptors (Lipinski definition) is 4. The fraction of sp³-hybridized carbons (Fsp3) is 0.800. The van der Waals surface area contributed by atoms with Crippen LogP contribution in [-0.4, -0.2) is 36.4 Å². The minimum atomic E-state index is -1.05. The van der Waals surface area contributed by atoms with E-state index in [1.165, 1.54) is 7.11 Å². The standard InChI is InChI=1S/C10H18O5/c1-6(2)15-9(11)5-8(10(12)13)7(3)14-4/h6-8H,5H2,1-4H3,(H,12,13). The van der Waals surface area contributed by atoms with Crippen LogP contribution in [-0.2, 0) is 19.1 Å². The van der Waals surface area contributed by atoms with E-state index in [2.05, 4.69) is 0 Å². The van der Waals surface area contributed by atoms with Gasteiger partial charge in [0.05, 0.1) is 24.5 Å². The number of esters is 1. The van der Waals surface area contributed by atoms with Crippen molar-refractivity contribution < 1.29 is 24.2 Å². The van der Waals surface area contributed by atoms with E-state index >= 15 is 0 Å².